The average molecular weight is 328 g/mol. The van der Waals surface area contributed by atoms with Gasteiger partial charge >= 0.3 is 0 Å². The van der Waals surface area contributed by atoms with Crippen LogP contribution in [0.2, 0.25) is 0 Å². The maximum absolute atomic E-state index is 12.0. The minimum absolute atomic E-state index is 0.0836. The van der Waals surface area contributed by atoms with Gasteiger partial charge in [0.05, 0.1) is 19.3 Å². The summed E-state index contributed by atoms with van der Waals surface area (Å²) in [6, 6.07) is 13.6. The maximum Gasteiger partial charge on any atom is 0.239 e. The van der Waals surface area contributed by atoms with Gasteiger partial charge in [-0.15, -0.1) is 0 Å². The molecule has 24 heavy (non-hydrogen) atoms. The first-order chi connectivity index (χ1) is 11.6. The third-order valence-electron chi connectivity index (χ3n) is 3.84. The smallest absolute Gasteiger partial charge is 0.239 e. The van der Waals surface area contributed by atoms with Crippen LogP contribution in [0.15, 0.2) is 42.5 Å². The monoisotopic (exact) mass is 328 g/mol. The van der Waals surface area contributed by atoms with Gasteiger partial charge in [-0.25, -0.2) is 0 Å². The lowest BCUT2D eigenvalue weighted by Gasteiger charge is -2.13. The van der Waals surface area contributed by atoms with Crippen molar-refractivity contribution in [1.82, 2.24) is 5.32 Å². The molecular formula is C19H24N2O3. The van der Waals surface area contributed by atoms with Gasteiger partial charge in [-0.2, -0.15) is 0 Å². The van der Waals surface area contributed by atoms with Gasteiger partial charge in [-0.1, -0.05) is 30.3 Å². The predicted octanol–water partition coefficient (Wildman–Crippen LogP) is 2.27. The number of aliphatic hydroxyl groups is 1. The topological polar surface area (TPSA) is 70.6 Å². The molecule has 0 atom stereocenters. The molecule has 0 aliphatic heterocycles. The van der Waals surface area contributed by atoms with Gasteiger partial charge in [-0.3, -0.25) is 4.79 Å². The van der Waals surface area contributed by atoms with E-state index < -0.39 is 0 Å². The second-order valence-electron chi connectivity index (χ2n) is 5.57. The molecule has 0 saturated heterocycles. The molecule has 0 aliphatic rings. The Balaban J connectivity index is 1.88. The molecule has 0 spiro atoms. The van der Waals surface area contributed by atoms with Crippen LogP contribution in [-0.4, -0.2) is 31.3 Å². The van der Waals surface area contributed by atoms with Crippen molar-refractivity contribution in [3.63, 3.8) is 0 Å². The summed E-state index contributed by atoms with van der Waals surface area (Å²) < 4.78 is 5.33. The number of rotatable bonds is 8. The van der Waals surface area contributed by atoms with E-state index in [0.717, 1.165) is 22.4 Å². The Morgan fingerprint density at radius 1 is 1.21 bits per heavy atom. The molecule has 1 amide bonds. The van der Waals surface area contributed by atoms with Crippen molar-refractivity contribution in [3.8, 4) is 5.75 Å². The number of aliphatic hydroxyl groups excluding tert-OH is 1. The van der Waals surface area contributed by atoms with Crippen LogP contribution < -0.4 is 15.4 Å². The molecule has 0 aliphatic carbocycles. The van der Waals surface area contributed by atoms with E-state index in [1.807, 2.05) is 49.4 Å². The molecule has 3 N–H and O–H groups in total. The minimum atomic E-state index is -0.0836. The normalized spacial score (nSPS) is 10.3. The molecule has 5 nitrogen and oxygen atoms in total. The summed E-state index contributed by atoms with van der Waals surface area (Å²) in [5, 5.41) is 15.0. The van der Waals surface area contributed by atoms with E-state index in [-0.39, 0.29) is 19.1 Å². The average Bonchev–Trinajstić information content (AvgIpc) is 2.60. The summed E-state index contributed by atoms with van der Waals surface area (Å²) in [5.74, 6) is 0.576. The number of ether oxygens (including phenoxy) is 1. The standard InChI is InChI=1S/C19H24N2O3/c1-14-5-3-4-6-16(14)12-21-19(23)13-20-17-8-7-15(9-10-22)11-18(17)24-2/h3-8,11,20,22H,9-10,12-13H2,1-2H3,(H,21,23). The quantitative estimate of drug-likeness (QED) is 0.695. The van der Waals surface area contributed by atoms with Crippen LogP contribution in [-0.2, 0) is 17.8 Å². The maximum atomic E-state index is 12.0. The van der Waals surface area contributed by atoms with E-state index >= 15 is 0 Å². The van der Waals surface area contributed by atoms with Gasteiger partial charge in [0, 0.05) is 13.2 Å². The zero-order valence-corrected chi connectivity index (χ0v) is 14.1. The number of nitrogens with one attached hydrogen (secondary N) is 2. The van der Waals surface area contributed by atoms with E-state index in [0.29, 0.717) is 18.7 Å². The molecule has 2 aromatic carbocycles. The number of methoxy groups -OCH3 is 1. The minimum Gasteiger partial charge on any atom is -0.495 e. The molecule has 2 aromatic rings. The summed E-state index contributed by atoms with van der Waals surface area (Å²) in [4.78, 5) is 12.0. The fourth-order valence-electron chi connectivity index (χ4n) is 2.41. The van der Waals surface area contributed by atoms with E-state index in [9.17, 15) is 4.79 Å². The Bertz CT molecular complexity index is 686. The number of hydrogen-bond acceptors (Lipinski definition) is 4. The first kappa shape index (κ1) is 17.8. The van der Waals surface area contributed by atoms with Gasteiger partial charge < -0.3 is 20.5 Å². The Morgan fingerprint density at radius 3 is 2.71 bits per heavy atom. The van der Waals surface area contributed by atoms with Crippen LogP contribution >= 0.6 is 0 Å². The zero-order valence-electron chi connectivity index (χ0n) is 14.1. The Labute approximate surface area is 142 Å². The van der Waals surface area contributed by atoms with Crippen molar-refractivity contribution in [3.05, 3.63) is 59.2 Å². The number of benzene rings is 2. The molecule has 128 valence electrons. The number of aryl methyl sites for hydroxylation is 1. The lowest BCUT2D eigenvalue weighted by atomic mass is 10.1. The van der Waals surface area contributed by atoms with Gasteiger partial charge in [0.15, 0.2) is 0 Å². The summed E-state index contributed by atoms with van der Waals surface area (Å²) in [5.41, 5.74) is 4.01. The van der Waals surface area contributed by atoms with Gasteiger partial charge in [-0.05, 0) is 42.2 Å². The first-order valence-corrected chi connectivity index (χ1v) is 7.97. The second-order valence-corrected chi connectivity index (χ2v) is 5.57. The molecule has 0 radical (unpaired) electrons. The second kappa shape index (κ2) is 8.93. The van der Waals surface area contributed by atoms with Gasteiger partial charge in [0.1, 0.15) is 5.75 Å². The van der Waals surface area contributed by atoms with Gasteiger partial charge in [0.25, 0.3) is 0 Å². The SMILES string of the molecule is COc1cc(CCO)ccc1NCC(=O)NCc1ccccc1C. The predicted molar refractivity (Wildman–Crippen MR) is 95.3 cm³/mol. The van der Waals surface area contributed by atoms with Crippen molar-refractivity contribution in [2.24, 2.45) is 0 Å². The van der Waals surface area contributed by atoms with Crippen molar-refractivity contribution in [2.45, 2.75) is 19.9 Å². The number of anilines is 1. The fourth-order valence-corrected chi connectivity index (χ4v) is 2.41. The molecule has 0 aromatic heterocycles. The van der Waals surface area contributed by atoms with Gasteiger partial charge in [0.2, 0.25) is 5.91 Å². The van der Waals surface area contributed by atoms with Crippen LogP contribution in [0.4, 0.5) is 5.69 Å². The van der Waals surface area contributed by atoms with E-state index in [1.165, 1.54) is 0 Å². The number of amides is 1. The zero-order chi connectivity index (χ0) is 17.4. The molecule has 0 bridgehead atoms. The number of carbonyl (C=O) groups is 1. The Kier molecular flexibility index (Phi) is 6.63. The van der Waals surface area contributed by atoms with Crippen LogP contribution in [0.25, 0.3) is 0 Å². The van der Waals surface area contributed by atoms with Crippen LogP contribution in [0.1, 0.15) is 16.7 Å². The third-order valence-corrected chi connectivity index (χ3v) is 3.84. The first-order valence-electron chi connectivity index (χ1n) is 7.97. The third kappa shape index (κ3) is 4.99. The van der Waals surface area contributed by atoms with Crippen molar-refractivity contribution in [2.75, 3.05) is 25.6 Å². The van der Waals surface area contributed by atoms with Crippen LogP contribution in [0.3, 0.4) is 0 Å². The molecule has 0 fully saturated rings. The summed E-state index contributed by atoms with van der Waals surface area (Å²) in [6.45, 7) is 2.80. The Hall–Kier alpha value is -2.53. The highest BCUT2D eigenvalue weighted by molar-refractivity contribution is 5.81. The van der Waals surface area contributed by atoms with Crippen LogP contribution in [0, 0.1) is 6.92 Å². The largest absolute Gasteiger partial charge is 0.495 e. The number of carbonyl (C=O) groups excluding carboxylic acids is 1. The van der Waals surface area contributed by atoms with E-state index in [1.54, 1.807) is 7.11 Å². The molecule has 0 saturated carbocycles. The Morgan fingerprint density at radius 2 is 2.00 bits per heavy atom. The lowest BCUT2D eigenvalue weighted by molar-refractivity contribution is -0.119. The highest BCUT2D eigenvalue weighted by atomic mass is 16.5. The van der Waals surface area contributed by atoms with E-state index in [4.69, 9.17) is 9.84 Å². The van der Waals surface area contributed by atoms with Crippen LogP contribution in [0.5, 0.6) is 5.75 Å². The molecule has 0 heterocycles. The highest BCUT2D eigenvalue weighted by Gasteiger charge is 2.07. The van der Waals surface area contributed by atoms with Crippen molar-refractivity contribution >= 4 is 11.6 Å². The lowest BCUT2D eigenvalue weighted by Crippen LogP contribution is -2.29. The van der Waals surface area contributed by atoms with Crippen molar-refractivity contribution < 1.29 is 14.6 Å². The fraction of sp³-hybridized carbons (Fsp3) is 0.316. The summed E-state index contributed by atoms with van der Waals surface area (Å²) >= 11 is 0. The molecule has 5 heteroatoms. The molecule has 2 rings (SSSR count). The molecule has 0 unspecified atom stereocenters. The summed E-state index contributed by atoms with van der Waals surface area (Å²) in [6.07, 6.45) is 0.577. The van der Waals surface area contributed by atoms with Crippen molar-refractivity contribution in [1.29, 1.82) is 0 Å². The highest BCUT2D eigenvalue weighted by Crippen LogP contribution is 2.25. The number of hydrogen-bond donors (Lipinski definition) is 3. The van der Waals surface area contributed by atoms with E-state index in [2.05, 4.69) is 10.6 Å². The molecular weight excluding hydrogens is 304 g/mol. The summed E-state index contributed by atoms with van der Waals surface area (Å²) in [7, 11) is 1.58.